The Labute approximate surface area is 178 Å². The molecule has 2 aliphatic rings. The Morgan fingerprint density at radius 2 is 1.72 bits per heavy atom. The largest absolute Gasteiger partial charge is 0.379 e. The normalized spacial score (nSPS) is 19.9. The first-order chi connectivity index (χ1) is 14.0. The van der Waals surface area contributed by atoms with Gasteiger partial charge in [-0.2, -0.15) is 0 Å². The molecule has 1 aromatic carbocycles. The van der Waals surface area contributed by atoms with Crippen LogP contribution in [0.2, 0.25) is 5.02 Å². The van der Waals surface area contributed by atoms with Gasteiger partial charge in [-0.25, -0.2) is 0 Å². The minimum absolute atomic E-state index is 0.00714. The van der Waals surface area contributed by atoms with E-state index >= 15 is 0 Å². The number of rotatable bonds is 6. The summed E-state index contributed by atoms with van der Waals surface area (Å²) in [5.74, 6) is 0.559. The zero-order chi connectivity index (χ0) is 20.8. The van der Waals surface area contributed by atoms with Gasteiger partial charge in [0.2, 0.25) is 5.91 Å². The number of benzene rings is 1. The van der Waals surface area contributed by atoms with Crippen molar-refractivity contribution in [2.75, 3.05) is 45.9 Å². The third kappa shape index (κ3) is 5.93. The molecule has 1 unspecified atom stereocenters. The summed E-state index contributed by atoms with van der Waals surface area (Å²) < 4.78 is 5.45. The van der Waals surface area contributed by atoms with Gasteiger partial charge in [0.05, 0.1) is 13.2 Å². The first kappa shape index (κ1) is 22.1. The number of morpholine rings is 1. The predicted molar refractivity (Wildman–Crippen MR) is 114 cm³/mol. The van der Waals surface area contributed by atoms with E-state index in [4.69, 9.17) is 16.3 Å². The van der Waals surface area contributed by atoms with Crippen molar-refractivity contribution in [2.24, 2.45) is 11.8 Å². The van der Waals surface area contributed by atoms with Crippen molar-refractivity contribution in [1.29, 1.82) is 0 Å². The van der Waals surface area contributed by atoms with Crippen molar-refractivity contribution in [3.63, 3.8) is 0 Å². The van der Waals surface area contributed by atoms with Crippen LogP contribution in [0.15, 0.2) is 24.3 Å². The average Bonchev–Trinajstić information content (AvgIpc) is 2.74. The molecule has 2 heterocycles. The first-order valence-corrected chi connectivity index (χ1v) is 11.0. The second-order valence-corrected chi connectivity index (χ2v) is 8.71. The molecule has 0 aliphatic carbocycles. The molecule has 2 fully saturated rings. The zero-order valence-electron chi connectivity index (χ0n) is 17.4. The molecular formula is C22H32ClN3O3. The van der Waals surface area contributed by atoms with Gasteiger partial charge in [-0.05, 0) is 43.0 Å². The predicted octanol–water partition coefficient (Wildman–Crippen LogP) is 2.67. The Bertz CT molecular complexity index is 681. The molecule has 0 spiro atoms. The van der Waals surface area contributed by atoms with Crippen LogP contribution < -0.4 is 5.32 Å². The molecular weight excluding hydrogens is 390 g/mol. The second-order valence-electron chi connectivity index (χ2n) is 8.28. The van der Waals surface area contributed by atoms with Crippen LogP contribution >= 0.6 is 11.6 Å². The molecule has 1 N–H and O–H groups in total. The van der Waals surface area contributed by atoms with Crippen molar-refractivity contribution in [1.82, 2.24) is 15.1 Å². The fourth-order valence-corrected chi connectivity index (χ4v) is 4.29. The number of nitrogens with zero attached hydrogens (tertiary/aromatic N) is 2. The van der Waals surface area contributed by atoms with Crippen molar-refractivity contribution in [3.8, 4) is 0 Å². The van der Waals surface area contributed by atoms with Crippen LogP contribution in [0.25, 0.3) is 0 Å². The molecule has 0 bridgehead atoms. The quantitative estimate of drug-likeness (QED) is 0.767. The topological polar surface area (TPSA) is 61.9 Å². The van der Waals surface area contributed by atoms with E-state index in [1.165, 1.54) is 0 Å². The third-order valence-corrected chi connectivity index (χ3v) is 6.27. The number of likely N-dealkylation sites (tertiary alicyclic amines) is 1. The number of piperidine rings is 1. The SMILES string of the molecule is CC(C)C(CNC(=O)C1CCN(C(=O)c2ccc(Cl)cc2)CC1)N1CCOCC1. The summed E-state index contributed by atoms with van der Waals surface area (Å²) in [4.78, 5) is 29.6. The van der Waals surface area contributed by atoms with E-state index in [0.29, 0.717) is 55.0 Å². The number of nitrogens with one attached hydrogen (secondary N) is 1. The molecule has 0 saturated carbocycles. The highest BCUT2D eigenvalue weighted by molar-refractivity contribution is 6.30. The molecule has 2 saturated heterocycles. The Morgan fingerprint density at radius 1 is 1.10 bits per heavy atom. The molecule has 3 rings (SSSR count). The van der Waals surface area contributed by atoms with Crippen LogP contribution in [-0.2, 0) is 9.53 Å². The zero-order valence-corrected chi connectivity index (χ0v) is 18.2. The lowest BCUT2D eigenvalue weighted by molar-refractivity contribution is -0.126. The van der Waals surface area contributed by atoms with E-state index in [-0.39, 0.29) is 17.7 Å². The van der Waals surface area contributed by atoms with Crippen LogP contribution in [-0.4, -0.2) is 73.6 Å². The first-order valence-electron chi connectivity index (χ1n) is 10.6. The summed E-state index contributed by atoms with van der Waals surface area (Å²) in [7, 11) is 0. The highest BCUT2D eigenvalue weighted by atomic mass is 35.5. The van der Waals surface area contributed by atoms with Crippen LogP contribution in [0.5, 0.6) is 0 Å². The Morgan fingerprint density at radius 3 is 2.31 bits per heavy atom. The van der Waals surface area contributed by atoms with Gasteiger partial charge in [0, 0.05) is 55.3 Å². The van der Waals surface area contributed by atoms with Gasteiger partial charge in [-0.1, -0.05) is 25.4 Å². The number of hydrogen-bond acceptors (Lipinski definition) is 4. The molecule has 2 aliphatic heterocycles. The highest BCUT2D eigenvalue weighted by Gasteiger charge is 2.29. The summed E-state index contributed by atoms with van der Waals surface area (Å²) in [6.07, 6.45) is 1.41. The number of halogens is 1. The van der Waals surface area contributed by atoms with Gasteiger partial charge in [-0.15, -0.1) is 0 Å². The number of amides is 2. The van der Waals surface area contributed by atoms with Crippen molar-refractivity contribution in [3.05, 3.63) is 34.9 Å². The minimum atomic E-state index is -0.0261. The summed E-state index contributed by atoms with van der Waals surface area (Å²) >= 11 is 5.90. The van der Waals surface area contributed by atoms with Crippen LogP contribution in [0.4, 0.5) is 0 Å². The maximum absolute atomic E-state index is 12.7. The molecule has 0 radical (unpaired) electrons. The van der Waals surface area contributed by atoms with Gasteiger partial charge >= 0.3 is 0 Å². The van der Waals surface area contributed by atoms with Crippen LogP contribution in [0.3, 0.4) is 0 Å². The highest BCUT2D eigenvalue weighted by Crippen LogP contribution is 2.20. The maximum atomic E-state index is 12.7. The molecule has 2 amide bonds. The van der Waals surface area contributed by atoms with E-state index in [9.17, 15) is 9.59 Å². The van der Waals surface area contributed by atoms with Crippen LogP contribution in [0.1, 0.15) is 37.0 Å². The second kappa shape index (κ2) is 10.4. The average molecular weight is 422 g/mol. The van der Waals surface area contributed by atoms with Gasteiger partial charge in [0.15, 0.2) is 0 Å². The molecule has 1 atom stereocenters. The molecule has 0 aromatic heterocycles. The van der Waals surface area contributed by atoms with E-state index < -0.39 is 0 Å². The Kier molecular flexibility index (Phi) is 7.92. The number of hydrogen-bond donors (Lipinski definition) is 1. The van der Waals surface area contributed by atoms with Gasteiger partial charge in [-0.3, -0.25) is 14.5 Å². The smallest absolute Gasteiger partial charge is 0.253 e. The van der Waals surface area contributed by atoms with Gasteiger partial charge in [0.1, 0.15) is 0 Å². The van der Waals surface area contributed by atoms with E-state index in [2.05, 4.69) is 24.1 Å². The fourth-order valence-electron chi connectivity index (χ4n) is 4.16. The van der Waals surface area contributed by atoms with Crippen molar-refractivity contribution in [2.45, 2.75) is 32.7 Å². The number of carbonyl (C=O) groups is 2. The lowest BCUT2D eigenvalue weighted by Gasteiger charge is -2.37. The lowest BCUT2D eigenvalue weighted by atomic mass is 9.94. The van der Waals surface area contributed by atoms with Gasteiger partial charge < -0.3 is 15.0 Å². The van der Waals surface area contributed by atoms with Crippen LogP contribution in [0, 0.1) is 11.8 Å². The van der Waals surface area contributed by atoms with E-state index in [1.54, 1.807) is 24.3 Å². The summed E-state index contributed by atoms with van der Waals surface area (Å²) in [5, 5.41) is 3.79. The molecule has 29 heavy (non-hydrogen) atoms. The molecule has 6 nitrogen and oxygen atoms in total. The molecule has 160 valence electrons. The summed E-state index contributed by atoms with van der Waals surface area (Å²) in [6.45, 7) is 9.65. The molecule has 7 heteroatoms. The van der Waals surface area contributed by atoms with E-state index in [0.717, 1.165) is 26.3 Å². The monoisotopic (exact) mass is 421 g/mol. The third-order valence-electron chi connectivity index (χ3n) is 6.01. The van der Waals surface area contributed by atoms with Crippen molar-refractivity contribution >= 4 is 23.4 Å². The number of ether oxygens (including phenoxy) is 1. The summed E-state index contributed by atoms with van der Waals surface area (Å²) in [5.41, 5.74) is 0.641. The summed E-state index contributed by atoms with van der Waals surface area (Å²) in [6, 6.07) is 7.29. The Hall–Kier alpha value is -1.63. The Balaban J connectivity index is 1.46. The number of carbonyl (C=O) groups excluding carboxylic acids is 2. The van der Waals surface area contributed by atoms with Gasteiger partial charge in [0.25, 0.3) is 5.91 Å². The maximum Gasteiger partial charge on any atom is 0.253 e. The lowest BCUT2D eigenvalue weighted by Crippen LogP contribution is -2.52. The minimum Gasteiger partial charge on any atom is -0.379 e. The molecule has 1 aromatic rings. The van der Waals surface area contributed by atoms with E-state index in [1.807, 2.05) is 4.90 Å². The van der Waals surface area contributed by atoms with Crippen molar-refractivity contribution < 1.29 is 14.3 Å². The standard InChI is InChI=1S/C22H32ClN3O3/c1-16(2)20(25-11-13-29-14-12-25)15-24-21(27)17-7-9-26(10-8-17)22(28)18-3-5-19(23)6-4-18/h3-6,16-17,20H,7-15H2,1-2H3,(H,24,27). The fraction of sp³-hybridized carbons (Fsp3) is 0.636.